The van der Waals surface area contributed by atoms with Crippen LogP contribution < -0.4 is 0 Å². The van der Waals surface area contributed by atoms with Crippen molar-refractivity contribution in [2.24, 2.45) is 0 Å². The number of aromatic nitrogens is 4. The van der Waals surface area contributed by atoms with Gasteiger partial charge in [0, 0.05) is 0 Å². The number of thiol groups is 1. The Labute approximate surface area is 133 Å². The van der Waals surface area contributed by atoms with Gasteiger partial charge < -0.3 is 14.9 Å². The van der Waals surface area contributed by atoms with Gasteiger partial charge in [-0.25, -0.2) is 15.0 Å². The third-order valence-electron chi connectivity index (χ3n) is 3.33. The van der Waals surface area contributed by atoms with Gasteiger partial charge in [-0.05, 0) is 6.92 Å². The molecule has 0 aromatic carbocycles. The maximum atomic E-state index is 10.3. The predicted octanol–water partition coefficient (Wildman–Crippen LogP) is 0.478. The summed E-state index contributed by atoms with van der Waals surface area (Å²) < 4.78 is 7.16. The minimum Gasteiger partial charge on any atom is -0.394 e. The van der Waals surface area contributed by atoms with Crippen molar-refractivity contribution in [3.8, 4) is 0 Å². The molecule has 2 aromatic heterocycles. The van der Waals surface area contributed by atoms with Crippen LogP contribution in [0.1, 0.15) is 11.9 Å². The van der Waals surface area contributed by atoms with Gasteiger partial charge in [-0.3, -0.25) is 4.57 Å². The Morgan fingerprint density at radius 3 is 2.90 bits per heavy atom. The van der Waals surface area contributed by atoms with E-state index in [1.807, 2.05) is 6.92 Å². The van der Waals surface area contributed by atoms with E-state index in [0.717, 1.165) is 5.69 Å². The molecule has 3 heterocycles. The Bertz CT molecular complexity index is 652. The molecule has 1 aliphatic rings. The highest BCUT2D eigenvalue weighted by molar-refractivity contribution is 14.1. The van der Waals surface area contributed by atoms with Crippen molar-refractivity contribution in [1.82, 2.24) is 19.5 Å². The lowest BCUT2D eigenvalue weighted by Crippen LogP contribution is -2.27. The van der Waals surface area contributed by atoms with Gasteiger partial charge in [0.1, 0.15) is 11.6 Å². The maximum absolute atomic E-state index is 10.3. The lowest BCUT2D eigenvalue weighted by molar-refractivity contribution is -0.0486. The standard InChI is InChI=1S/C11H13IN4O3S/c1-4-7-9(15-11(20)14-4)16(3-13-7)10-8(18)6(12)5(2-17)19-10/h3,5-6,8,10,17-18H,2H2,1H3,(H,14,15,20)/t5-,6+,8-,10-/m1/s1. The van der Waals surface area contributed by atoms with Crippen molar-refractivity contribution in [1.29, 1.82) is 0 Å². The summed E-state index contributed by atoms with van der Waals surface area (Å²) in [6, 6.07) is 0. The van der Waals surface area contributed by atoms with Crippen molar-refractivity contribution in [3.63, 3.8) is 0 Å². The van der Waals surface area contributed by atoms with E-state index in [4.69, 9.17) is 4.74 Å². The summed E-state index contributed by atoms with van der Waals surface area (Å²) in [5.41, 5.74) is 1.93. The van der Waals surface area contributed by atoms with Crippen LogP contribution >= 0.6 is 35.2 Å². The Hall–Kier alpha value is -0.490. The SMILES string of the molecule is Cc1nc(S)nc2c1ncn2[C@@H]1O[C@H](CO)[C@H](I)[C@H]1O. The van der Waals surface area contributed by atoms with Crippen LogP contribution in [0.3, 0.4) is 0 Å². The molecule has 9 heteroatoms. The second-order valence-electron chi connectivity index (χ2n) is 4.62. The number of aliphatic hydroxyl groups excluding tert-OH is 2. The monoisotopic (exact) mass is 408 g/mol. The highest BCUT2D eigenvalue weighted by atomic mass is 127. The van der Waals surface area contributed by atoms with Crippen molar-refractivity contribution >= 4 is 46.4 Å². The van der Waals surface area contributed by atoms with E-state index in [1.54, 1.807) is 10.9 Å². The summed E-state index contributed by atoms with van der Waals surface area (Å²) in [7, 11) is 0. The third-order valence-corrected chi connectivity index (χ3v) is 5.06. The van der Waals surface area contributed by atoms with Crippen LogP contribution in [-0.4, -0.2) is 52.5 Å². The van der Waals surface area contributed by atoms with E-state index in [1.165, 1.54) is 0 Å². The Morgan fingerprint density at radius 2 is 2.25 bits per heavy atom. The van der Waals surface area contributed by atoms with Crippen LogP contribution in [-0.2, 0) is 4.74 Å². The van der Waals surface area contributed by atoms with E-state index in [0.29, 0.717) is 16.3 Å². The average Bonchev–Trinajstić information content (AvgIpc) is 2.93. The first kappa shape index (κ1) is 14.4. The smallest absolute Gasteiger partial charge is 0.186 e. The molecule has 7 nitrogen and oxygen atoms in total. The predicted molar refractivity (Wildman–Crippen MR) is 82.1 cm³/mol. The molecule has 1 fully saturated rings. The maximum Gasteiger partial charge on any atom is 0.186 e. The van der Waals surface area contributed by atoms with Crippen LogP contribution in [0.2, 0.25) is 0 Å². The molecule has 108 valence electrons. The van der Waals surface area contributed by atoms with Crippen molar-refractivity contribution < 1.29 is 14.9 Å². The molecule has 2 aromatic rings. The summed E-state index contributed by atoms with van der Waals surface area (Å²) in [4.78, 5) is 12.7. The largest absolute Gasteiger partial charge is 0.394 e. The first-order valence-corrected chi connectivity index (χ1v) is 7.70. The molecule has 0 unspecified atom stereocenters. The van der Waals surface area contributed by atoms with Crippen LogP contribution in [0.25, 0.3) is 11.2 Å². The van der Waals surface area contributed by atoms with Crippen LogP contribution in [0.5, 0.6) is 0 Å². The molecule has 0 saturated carbocycles. The number of rotatable bonds is 2. The van der Waals surface area contributed by atoms with E-state index >= 15 is 0 Å². The second-order valence-corrected chi connectivity index (χ2v) is 6.45. The van der Waals surface area contributed by atoms with Gasteiger partial charge in [-0.1, -0.05) is 22.6 Å². The van der Waals surface area contributed by atoms with Gasteiger partial charge in [0.15, 0.2) is 17.0 Å². The number of hydrogen-bond donors (Lipinski definition) is 3. The van der Waals surface area contributed by atoms with Crippen LogP contribution in [0.15, 0.2) is 11.5 Å². The van der Waals surface area contributed by atoms with Crippen molar-refractivity contribution in [2.75, 3.05) is 6.61 Å². The Morgan fingerprint density at radius 1 is 1.50 bits per heavy atom. The molecular weight excluding hydrogens is 395 g/mol. The zero-order valence-electron chi connectivity index (χ0n) is 10.5. The number of imidazole rings is 1. The molecule has 0 amide bonds. The van der Waals surface area contributed by atoms with E-state index in [2.05, 4.69) is 50.2 Å². The number of fused-ring (bicyclic) bond motifs is 1. The van der Waals surface area contributed by atoms with Gasteiger partial charge in [0.25, 0.3) is 0 Å². The molecule has 0 aliphatic carbocycles. The first-order valence-electron chi connectivity index (χ1n) is 6.01. The highest BCUT2D eigenvalue weighted by Gasteiger charge is 2.43. The number of nitrogens with zero attached hydrogens (tertiary/aromatic N) is 4. The lowest BCUT2D eigenvalue weighted by atomic mass is 10.2. The molecular formula is C11H13IN4O3S. The van der Waals surface area contributed by atoms with E-state index < -0.39 is 18.4 Å². The van der Waals surface area contributed by atoms with Crippen molar-refractivity contribution in [2.45, 2.75) is 34.4 Å². The first-order chi connectivity index (χ1) is 9.52. The average molecular weight is 408 g/mol. The zero-order valence-corrected chi connectivity index (χ0v) is 13.6. The topological polar surface area (TPSA) is 93.3 Å². The Balaban J connectivity index is 2.07. The molecule has 20 heavy (non-hydrogen) atoms. The molecule has 2 N–H and O–H groups in total. The number of aryl methyl sites for hydroxylation is 1. The minimum atomic E-state index is -0.746. The number of hydrogen-bond acceptors (Lipinski definition) is 7. The summed E-state index contributed by atoms with van der Waals surface area (Å²) in [5.74, 6) is 0. The second kappa shape index (κ2) is 5.37. The fraction of sp³-hybridized carbons (Fsp3) is 0.545. The van der Waals surface area contributed by atoms with Gasteiger partial charge >= 0.3 is 0 Å². The summed E-state index contributed by atoms with van der Waals surface area (Å²) >= 11 is 6.24. The molecule has 0 spiro atoms. The zero-order chi connectivity index (χ0) is 14.4. The van der Waals surface area contributed by atoms with Crippen molar-refractivity contribution in [3.05, 3.63) is 12.0 Å². The summed E-state index contributed by atoms with van der Waals surface area (Å²) in [6.45, 7) is 1.68. The van der Waals surface area contributed by atoms with Crippen LogP contribution in [0, 0.1) is 6.92 Å². The molecule has 4 atom stereocenters. The summed E-state index contributed by atoms with van der Waals surface area (Å²) in [5, 5.41) is 19.9. The molecule has 0 bridgehead atoms. The minimum absolute atomic E-state index is 0.139. The number of aliphatic hydroxyl groups is 2. The normalized spacial score (nSPS) is 30.2. The fourth-order valence-corrected chi connectivity index (χ4v) is 3.31. The quantitative estimate of drug-likeness (QED) is 0.290. The highest BCUT2D eigenvalue weighted by Crippen LogP contribution is 2.35. The number of ether oxygens (including phenoxy) is 1. The molecule has 0 radical (unpaired) electrons. The third kappa shape index (κ3) is 2.21. The lowest BCUT2D eigenvalue weighted by Gasteiger charge is -2.16. The van der Waals surface area contributed by atoms with Gasteiger partial charge in [-0.15, -0.1) is 12.6 Å². The van der Waals surface area contributed by atoms with Gasteiger partial charge in [0.2, 0.25) is 0 Å². The Kier molecular flexibility index (Phi) is 3.88. The van der Waals surface area contributed by atoms with E-state index in [-0.39, 0.29) is 10.5 Å². The molecule has 1 saturated heterocycles. The van der Waals surface area contributed by atoms with E-state index in [9.17, 15) is 10.2 Å². The summed E-state index contributed by atoms with van der Waals surface area (Å²) in [6.07, 6.45) is -0.215. The molecule has 3 rings (SSSR count). The fourth-order valence-electron chi connectivity index (χ4n) is 2.32. The van der Waals surface area contributed by atoms with Gasteiger partial charge in [0.05, 0.1) is 28.7 Å². The number of halogens is 1. The van der Waals surface area contributed by atoms with Gasteiger partial charge in [-0.2, -0.15) is 0 Å². The number of alkyl halides is 1. The van der Waals surface area contributed by atoms with Crippen LogP contribution in [0.4, 0.5) is 0 Å². The molecule has 1 aliphatic heterocycles.